The molecule has 2 nitrogen and oxygen atoms in total. The van der Waals surface area contributed by atoms with Crippen LogP contribution in [0.25, 0.3) is 0 Å². The summed E-state index contributed by atoms with van der Waals surface area (Å²) in [5, 5.41) is 8.58. The Balaban J connectivity index is 1.70. The molecule has 130 valence electrons. The summed E-state index contributed by atoms with van der Waals surface area (Å²) in [6, 6.07) is 21.7. The molecule has 4 rings (SSSR count). The quantitative estimate of drug-likeness (QED) is 0.359. The van der Waals surface area contributed by atoms with Gasteiger partial charge in [-0.25, -0.2) is 0 Å². The van der Waals surface area contributed by atoms with Crippen molar-refractivity contribution in [3.63, 3.8) is 0 Å². The average Bonchev–Trinajstić information content (AvgIpc) is 3.36. The van der Waals surface area contributed by atoms with Crippen LogP contribution in [0.2, 0.25) is 0 Å². The second kappa shape index (κ2) is 7.36. The summed E-state index contributed by atoms with van der Waals surface area (Å²) in [5.41, 5.74) is 7.20. The van der Waals surface area contributed by atoms with Gasteiger partial charge in [0.2, 0.25) is 0 Å². The second-order valence-corrected chi connectivity index (χ2v) is 7.77. The molecule has 0 aliphatic heterocycles. The highest BCUT2D eigenvalue weighted by atomic mass is 32.1. The normalized spacial score (nSPS) is 10.7. The van der Waals surface area contributed by atoms with Gasteiger partial charge in [0.05, 0.1) is 11.4 Å². The smallest absolute Gasteiger partial charge is 0.0568 e. The number of anilines is 5. The standard InChI is InChI=1S/C22H20N2S2/c1-17-4-3-5-20(14-17)24(22-11-13-26-16-22)19-8-6-18(7-9-19)23(2)21-10-12-25-15-21/h3-16H,1-2H3. The van der Waals surface area contributed by atoms with Gasteiger partial charge in [0.15, 0.2) is 0 Å². The number of thiophene rings is 2. The fraction of sp³-hybridized carbons (Fsp3) is 0.0909. The van der Waals surface area contributed by atoms with Gasteiger partial charge in [0.25, 0.3) is 0 Å². The predicted octanol–water partition coefficient (Wildman–Crippen LogP) is 7.36. The number of benzene rings is 2. The maximum atomic E-state index is 2.30. The molecule has 0 fully saturated rings. The zero-order valence-electron chi connectivity index (χ0n) is 14.8. The first-order chi connectivity index (χ1) is 12.7. The fourth-order valence-corrected chi connectivity index (χ4v) is 4.31. The molecule has 0 aliphatic rings. The van der Waals surface area contributed by atoms with Crippen molar-refractivity contribution < 1.29 is 0 Å². The summed E-state index contributed by atoms with van der Waals surface area (Å²) in [6.45, 7) is 2.13. The molecule has 0 aliphatic carbocycles. The zero-order chi connectivity index (χ0) is 17.9. The van der Waals surface area contributed by atoms with Gasteiger partial charge in [-0.1, -0.05) is 12.1 Å². The van der Waals surface area contributed by atoms with E-state index in [1.54, 1.807) is 22.7 Å². The molecule has 2 aromatic carbocycles. The maximum absolute atomic E-state index is 2.30. The number of nitrogens with zero attached hydrogens (tertiary/aromatic N) is 2. The molecule has 26 heavy (non-hydrogen) atoms. The first-order valence-corrected chi connectivity index (χ1v) is 10.4. The monoisotopic (exact) mass is 376 g/mol. The minimum absolute atomic E-state index is 1.16. The van der Waals surface area contributed by atoms with E-state index in [0.717, 1.165) is 5.69 Å². The summed E-state index contributed by atoms with van der Waals surface area (Å²) in [6.07, 6.45) is 0. The lowest BCUT2D eigenvalue weighted by Crippen LogP contribution is -2.11. The Labute approximate surface area is 162 Å². The van der Waals surface area contributed by atoms with Gasteiger partial charge in [-0.05, 0) is 71.8 Å². The van der Waals surface area contributed by atoms with E-state index in [0.29, 0.717) is 0 Å². The largest absolute Gasteiger partial charge is 0.344 e. The lowest BCUT2D eigenvalue weighted by molar-refractivity contribution is 1.21. The summed E-state index contributed by atoms with van der Waals surface area (Å²) in [7, 11) is 2.11. The Morgan fingerprint density at radius 1 is 0.654 bits per heavy atom. The van der Waals surface area contributed by atoms with Crippen molar-refractivity contribution in [1.82, 2.24) is 0 Å². The molecule has 0 bridgehead atoms. The molecule has 2 heterocycles. The van der Waals surface area contributed by atoms with E-state index in [4.69, 9.17) is 0 Å². The van der Waals surface area contributed by atoms with E-state index in [2.05, 4.69) is 106 Å². The molecular weight excluding hydrogens is 356 g/mol. The van der Waals surface area contributed by atoms with E-state index in [-0.39, 0.29) is 0 Å². The van der Waals surface area contributed by atoms with Crippen LogP contribution < -0.4 is 9.80 Å². The van der Waals surface area contributed by atoms with Gasteiger partial charge in [-0.2, -0.15) is 22.7 Å². The number of rotatable bonds is 5. The van der Waals surface area contributed by atoms with Crippen molar-refractivity contribution in [2.24, 2.45) is 0 Å². The highest BCUT2D eigenvalue weighted by Crippen LogP contribution is 2.37. The molecule has 0 N–H and O–H groups in total. The van der Waals surface area contributed by atoms with Crippen molar-refractivity contribution >= 4 is 51.1 Å². The topological polar surface area (TPSA) is 6.48 Å². The maximum Gasteiger partial charge on any atom is 0.0568 e. The van der Waals surface area contributed by atoms with E-state index in [1.807, 2.05) is 0 Å². The van der Waals surface area contributed by atoms with E-state index in [1.165, 1.54) is 28.3 Å². The van der Waals surface area contributed by atoms with Crippen molar-refractivity contribution in [3.8, 4) is 0 Å². The minimum atomic E-state index is 1.16. The Morgan fingerprint density at radius 3 is 1.92 bits per heavy atom. The lowest BCUT2D eigenvalue weighted by Gasteiger charge is -2.25. The molecule has 0 saturated heterocycles. The number of hydrogen-bond acceptors (Lipinski definition) is 4. The van der Waals surface area contributed by atoms with Crippen molar-refractivity contribution in [1.29, 1.82) is 0 Å². The number of hydrogen-bond donors (Lipinski definition) is 0. The van der Waals surface area contributed by atoms with Gasteiger partial charge < -0.3 is 9.80 Å². The molecule has 4 heteroatoms. The third-order valence-electron chi connectivity index (χ3n) is 4.41. The SMILES string of the molecule is Cc1cccc(N(c2ccc(N(C)c3ccsc3)cc2)c2ccsc2)c1. The van der Waals surface area contributed by atoms with Crippen LogP contribution >= 0.6 is 22.7 Å². The van der Waals surface area contributed by atoms with Crippen molar-refractivity contribution in [2.75, 3.05) is 16.8 Å². The van der Waals surface area contributed by atoms with Crippen LogP contribution in [0.4, 0.5) is 28.4 Å². The molecule has 0 amide bonds. The zero-order valence-corrected chi connectivity index (χ0v) is 16.4. The van der Waals surface area contributed by atoms with Gasteiger partial charge in [0.1, 0.15) is 0 Å². The van der Waals surface area contributed by atoms with Crippen LogP contribution in [0, 0.1) is 6.92 Å². The number of aryl methyl sites for hydroxylation is 1. The Bertz CT molecular complexity index is 958. The first-order valence-electron chi connectivity index (χ1n) is 8.47. The van der Waals surface area contributed by atoms with E-state index >= 15 is 0 Å². The molecule has 2 aromatic heterocycles. The molecule has 0 saturated carbocycles. The average molecular weight is 377 g/mol. The van der Waals surface area contributed by atoms with Gasteiger partial charge in [0, 0.05) is 34.9 Å². The molecule has 0 atom stereocenters. The van der Waals surface area contributed by atoms with Crippen molar-refractivity contribution in [3.05, 3.63) is 87.7 Å². The fourth-order valence-electron chi connectivity index (χ4n) is 3.02. The van der Waals surface area contributed by atoms with Crippen LogP contribution in [0.3, 0.4) is 0 Å². The summed E-state index contributed by atoms with van der Waals surface area (Å²) < 4.78 is 0. The van der Waals surface area contributed by atoms with Crippen LogP contribution in [-0.2, 0) is 0 Å². The molecule has 4 aromatic rings. The molecule has 0 unspecified atom stereocenters. The van der Waals surface area contributed by atoms with Crippen LogP contribution in [-0.4, -0.2) is 7.05 Å². The first kappa shape index (κ1) is 16.9. The third kappa shape index (κ3) is 3.39. The third-order valence-corrected chi connectivity index (χ3v) is 5.75. The minimum Gasteiger partial charge on any atom is -0.344 e. The summed E-state index contributed by atoms with van der Waals surface area (Å²) >= 11 is 3.44. The molecule has 0 radical (unpaired) electrons. The Kier molecular flexibility index (Phi) is 4.78. The molecular formula is C22H20N2S2. The highest BCUT2D eigenvalue weighted by molar-refractivity contribution is 7.08. The van der Waals surface area contributed by atoms with Gasteiger partial charge in [-0.15, -0.1) is 0 Å². The van der Waals surface area contributed by atoms with E-state index in [9.17, 15) is 0 Å². The second-order valence-electron chi connectivity index (χ2n) is 6.21. The summed E-state index contributed by atoms with van der Waals surface area (Å²) in [5.74, 6) is 0. The Morgan fingerprint density at radius 2 is 1.31 bits per heavy atom. The van der Waals surface area contributed by atoms with Crippen LogP contribution in [0.5, 0.6) is 0 Å². The predicted molar refractivity (Wildman–Crippen MR) is 116 cm³/mol. The van der Waals surface area contributed by atoms with E-state index < -0.39 is 0 Å². The van der Waals surface area contributed by atoms with Crippen molar-refractivity contribution in [2.45, 2.75) is 6.92 Å². The molecule has 0 spiro atoms. The summed E-state index contributed by atoms with van der Waals surface area (Å²) in [4.78, 5) is 4.51. The van der Waals surface area contributed by atoms with Crippen LogP contribution in [0.15, 0.2) is 82.2 Å². The Hall–Kier alpha value is -2.56. The van der Waals surface area contributed by atoms with Gasteiger partial charge in [-0.3, -0.25) is 0 Å². The van der Waals surface area contributed by atoms with Crippen LogP contribution in [0.1, 0.15) is 5.56 Å². The lowest BCUT2D eigenvalue weighted by atomic mass is 10.1. The highest BCUT2D eigenvalue weighted by Gasteiger charge is 2.13. The van der Waals surface area contributed by atoms with Gasteiger partial charge >= 0.3 is 0 Å².